The second kappa shape index (κ2) is 5.66. The second-order valence-corrected chi connectivity index (χ2v) is 4.16. The molecule has 1 rings (SSSR count). The molecule has 0 saturated heterocycles. The van der Waals surface area contributed by atoms with E-state index < -0.39 is 5.92 Å². The molecule has 1 aromatic carbocycles. The Balaban J connectivity index is 3.02. The Morgan fingerprint density at radius 3 is 2.75 bits per heavy atom. The fourth-order valence-electron chi connectivity index (χ4n) is 1.36. The minimum atomic E-state index is -0.569. The molecule has 1 atom stereocenters. The SMILES string of the molecule is CCC(C#N)C(=O)c1ccc(OC)c(Br)c1. The van der Waals surface area contributed by atoms with Crippen LogP contribution in [0.25, 0.3) is 0 Å². The molecule has 0 aliphatic carbocycles. The Kier molecular flexibility index (Phi) is 4.51. The number of halogens is 1. The van der Waals surface area contributed by atoms with E-state index in [4.69, 9.17) is 10.00 Å². The molecule has 0 aliphatic rings. The molecule has 0 aliphatic heterocycles. The lowest BCUT2D eigenvalue weighted by molar-refractivity contribution is 0.0946. The number of carbonyl (C=O) groups is 1. The van der Waals surface area contributed by atoms with E-state index in [0.29, 0.717) is 22.2 Å². The van der Waals surface area contributed by atoms with Crippen LogP contribution in [0.5, 0.6) is 5.75 Å². The third-order valence-electron chi connectivity index (χ3n) is 2.32. The van der Waals surface area contributed by atoms with Crippen molar-refractivity contribution in [3.8, 4) is 11.8 Å². The lowest BCUT2D eigenvalue weighted by Gasteiger charge is -2.07. The zero-order valence-electron chi connectivity index (χ0n) is 9.16. The predicted octanol–water partition coefficient (Wildman–Crippen LogP) is 3.19. The summed E-state index contributed by atoms with van der Waals surface area (Å²) in [5.74, 6) is -0.0461. The lowest BCUT2D eigenvalue weighted by atomic mass is 9.97. The standard InChI is InChI=1S/C12H12BrNO2/c1-3-8(7-14)12(15)9-4-5-11(16-2)10(13)6-9/h4-6,8H,3H2,1-2H3. The number of Topliss-reactive ketones (excluding diaryl/α,β-unsaturated/α-hetero) is 1. The number of hydrogen-bond acceptors (Lipinski definition) is 3. The molecular weight excluding hydrogens is 270 g/mol. The number of methoxy groups -OCH3 is 1. The van der Waals surface area contributed by atoms with Gasteiger partial charge in [0.15, 0.2) is 5.78 Å². The van der Waals surface area contributed by atoms with Crippen LogP contribution in [0.3, 0.4) is 0 Å². The number of ketones is 1. The Morgan fingerprint density at radius 1 is 1.62 bits per heavy atom. The van der Waals surface area contributed by atoms with Gasteiger partial charge in [-0.15, -0.1) is 0 Å². The van der Waals surface area contributed by atoms with Crippen LogP contribution in [0.1, 0.15) is 23.7 Å². The second-order valence-electron chi connectivity index (χ2n) is 3.30. The molecule has 1 unspecified atom stereocenters. The van der Waals surface area contributed by atoms with Gasteiger partial charge in [0.1, 0.15) is 11.7 Å². The van der Waals surface area contributed by atoms with Crippen LogP contribution in [0.15, 0.2) is 22.7 Å². The maximum atomic E-state index is 11.9. The number of ether oxygens (including phenoxy) is 1. The summed E-state index contributed by atoms with van der Waals surface area (Å²) in [6, 6.07) is 7.07. The number of carbonyl (C=O) groups excluding carboxylic acids is 1. The van der Waals surface area contributed by atoms with E-state index >= 15 is 0 Å². The molecule has 0 N–H and O–H groups in total. The Labute approximate surface area is 103 Å². The number of benzene rings is 1. The van der Waals surface area contributed by atoms with Gasteiger partial charge in [-0.3, -0.25) is 4.79 Å². The summed E-state index contributed by atoms with van der Waals surface area (Å²) in [4.78, 5) is 11.9. The third-order valence-corrected chi connectivity index (χ3v) is 2.94. The summed E-state index contributed by atoms with van der Waals surface area (Å²) in [5, 5.41) is 8.82. The quantitative estimate of drug-likeness (QED) is 0.797. The van der Waals surface area contributed by atoms with E-state index in [-0.39, 0.29) is 5.78 Å². The summed E-state index contributed by atoms with van der Waals surface area (Å²) in [6.07, 6.45) is 0.527. The van der Waals surface area contributed by atoms with Crippen LogP contribution in [0, 0.1) is 17.2 Å². The first kappa shape index (κ1) is 12.7. The van der Waals surface area contributed by atoms with Crippen molar-refractivity contribution in [1.82, 2.24) is 0 Å². The molecule has 0 aromatic heterocycles. The van der Waals surface area contributed by atoms with Crippen molar-refractivity contribution >= 4 is 21.7 Å². The molecule has 16 heavy (non-hydrogen) atoms. The van der Waals surface area contributed by atoms with Crippen molar-refractivity contribution in [2.75, 3.05) is 7.11 Å². The highest BCUT2D eigenvalue weighted by Crippen LogP contribution is 2.26. The van der Waals surface area contributed by atoms with Gasteiger partial charge in [0.05, 0.1) is 17.7 Å². The minimum absolute atomic E-state index is 0.145. The van der Waals surface area contributed by atoms with E-state index in [0.717, 1.165) is 0 Å². The number of hydrogen-bond donors (Lipinski definition) is 0. The molecule has 0 heterocycles. The molecule has 0 saturated carbocycles. The summed E-state index contributed by atoms with van der Waals surface area (Å²) in [7, 11) is 1.56. The van der Waals surface area contributed by atoms with Crippen LogP contribution in [-0.4, -0.2) is 12.9 Å². The number of nitrogens with zero attached hydrogens (tertiary/aromatic N) is 1. The molecular formula is C12H12BrNO2. The van der Waals surface area contributed by atoms with Crippen LogP contribution < -0.4 is 4.74 Å². The molecule has 0 bridgehead atoms. The van der Waals surface area contributed by atoms with E-state index in [1.807, 2.05) is 13.0 Å². The van der Waals surface area contributed by atoms with Gasteiger partial charge in [0.25, 0.3) is 0 Å². The summed E-state index contributed by atoms with van der Waals surface area (Å²) in [5.41, 5.74) is 0.529. The molecule has 3 nitrogen and oxygen atoms in total. The number of nitriles is 1. The van der Waals surface area contributed by atoms with Crippen LogP contribution in [0.2, 0.25) is 0 Å². The maximum absolute atomic E-state index is 11.9. The van der Waals surface area contributed by atoms with Crippen molar-refractivity contribution in [2.45, 2.75) is 13.3 Å². The normalized spacial score (nSPS) is 11.6. The first-order chi connectivity index (χ1) is 7.63. The smallest absolute Gasteiger partial charge is 0.180 e. The topological polar surface area (TPSA) is 50.1 Å². The molecule has 0 spiro atoms. The van der Waals surface area contributed by atoms with Crippen molar-refractivity contribution in [3.05, 3.63) is 28.2 Å². The maximum Gasteiger partial charge on any atom is 0.180 e. The van der Waals surface area contributed by atoms with Gasteiger partial charge in [-0.2, -0.15) is 5.26 Å². The lowest BCUT2D eigenvalue weighted by Crippen LogP contribution is -2.11. The molecule has 84 valence electrons. The molecule has 0 radical (unpaired) electrons. The van der Waals surface area contributed by atoms with E-state index in [1.165, 1.54) is 0 Å². The highest BCUT2D eigenvalue weighted by atomic mass is 79.9. The minimum Gasteiger partial charge on any atom is -0.496 e. The van der Waals surface area contributed by atoms with Crippen molar-refractivity contribution < 1.29 is 9.53 Å². The molecule has 0 amide bonds. The zero-order chi connectivity index (χ0) is 12.1. The van der Waals surface area contributed by atoms with Crippen molar-refractivity contribution in [2.24, 2.45) is 5.92 Å². The van der Waals surface area contributed by atoms with E-state index in [2.05, 4.69) is 15.9 Å². The number of rotatable bonds is 4. The van der Waals surface area contributed by atoms with E-state index in [9.17, 15) is 4.79 Å². The van der Waals surface area contributed by atoms with Crippen molar-refractivity contribution in [3.63, 3.8) is 0 Å². The highest BCUT2D eigenvalue weighted by Gasteiger charge is 2.18. The summed E-state index contributed by atoms with van der Waals surface area (Å²) < 4.78 is 5.79. The van der Waals surface area contributed by atoms with Gasteiger partial charge < -0.3 is 4.74 Å². The fourth-order valence-corrected chi connectivity index (χ4v) is 1.90. The summed E-state index contributed by atoms with van der Waals surface area (Å²) in [6.45, 7) is 1.82. The Bertz CT molecular complexity index is 437. The monoisotopic (exact) mass is 281 g/mol. The fraction of sp³-hybridized carbons (Fsp3) is 0.333. The average molecular weight is 282 g/mol. The average Bonchev–Trinajstić information content (AvgIpc) is 2.30. The first-order valence-corrected chi connectivity index (χ1v) is 5.70. The zero-order valence-corrected chi connectivity index (χ0v) is 10.7. The molecule has 1 aromatic rings. The van der Waals surface area contributed by atoms with Crippen LogP contribution >= 0.6 is 15.9 Å². The predicted molar refractivity (Wildman–Crippen MR) is 64.4 cm³/mol. The van der Waals surface area contributed by atoms with Gasteiger partial charge >= 0.3 is 0 Å². The van der Waals surface area contributed by atoms with Gasteiger partial charge in [-0.05, 0) is 40.5 Å². The van der Waals surface area contributed by atoms with Crippen LogP contribution in [0.4, 0.5) is 0 Å². The highest BCUT2D eigenvalue weighted by molar-refractivity contribution is 9.10. The Hall–Kier alpha value is -1.34. The van der Waals surface area contributed by atoms with Gasteiger partial charge in [-0.1, -0.05) is 6.92 Å². The van der Waals surface area contributed by atoms with Gasteiger partial charge in [-0.25, -0.2) is 0 Å². The van der Waals surface area contributed by atoms with Crippen LogP contribution in [-0.2, 0) is 0 Å². The Morgan fingerprint density at radius 2 is 2.31 bits per heavy atom. The van der Waals surface area contributed by atoms with Gasteiger partial charge in [0.2, 0.25) is 0 Å². The summed E-state index contributed by atoms with van der Waals surface area (Å²) >= 11 is 3.31. The van der Waals surface area contributed by atoms with Crippen molar-refractivity contribution in [1.29, 1.82) is 5.26 Å². The van der Waals surface area contributed by atoms with Gasteiger partial charge in [0, 0.05) is 5.56 Å². The largest absolute Gasteiger partial charge is 0.496 e. The molecule has 0 fully saturated rings. The third kappa shape index (κ3) is 2.61. The molecule has 4 heteroatoms. The van der Waals surface area contributed by atoms with E-state index in [1.54, 1.807) is 25.3 Å². The first-order valence-electron chi connectivity index (χ1n) is 4.91.